The number of rotatable bonds is 6. The maximum atomic E-state index is 12.0. The molecule has 0 saturated heterocycles. The SMILES string of the molecule is CCCC(CC)NC(=O)Nc1ccc(C2CCCCC2)cc1. The van der Waals surface area contributed by atoms with E-state index in [0.717, 1.165) is 24.9 Å². The van der Waals surface area contributed by atoms with Crippen molar-refractivity contribution in [2.45, 2.75) is 77.2 Å². The molecule has 22 heavy (non-hydrogen) atoms. The summed E-state index contributed by atoms with van der Waals surface area (Å²) in [6.45, 7) is 4.26. The van der Waals surface area contributed by atoms with Crippen LogP contribution >= 0.6 is 0 Å². The van der Waals surface area contributed by atoms with Crippen LogP contribution in [0.2, 0.25) is 0 Å². The van der Waals surface area contributed by atoms with E-state index in [1.165, 1.54) is 37.7 Å². The van der Waals surface area contributed by atoms with Crippen molar-refractivity contribution in [2.75, 3.05) is 5.32 Å². The summed E-state index contributed by atoms with van der Waals surface area (Å²) in [5.74, 6) is 0.714. The van der Waals surface area contributed by atoms with Crippen molar-refractivity contribution >= 4 is 11.7 Å². The molecule has 3 nitrogen and oxygen atoms in total. The van der Waals surface area contributed by atoms with Gasteiger partial charge in [-0.2, -0.15) is 0 Å². The highest BCUT2D eigenvalue weighted by molar-refractivity contribution is 5.89. The van der Waals surface area contributed by atoms with E-state index in [1.54, 1.807) is 0 Å². The molecule has 0 radical (unpaired) electrons. The minimum absolute atomic E-state index is 0.0919. The van der Waals surface area contributed by atoms with Crippen molar-refractivity contribution in [2.24, 2.45) is 0 Å². The smallest absolute Gasteiger partial charge is 0.319 e. The monoisotopic (exact) mass is 302 g/mol. The van der Waals surface area contributed by atoms with Crippen LogP contribution in [0.1, 0.15) is 76.7 Å². The normalized spacial score (nSPS) is 17.0. The number of amides is 2. The zero-order valence-electron chi connectivity index (χ0n) is 14.0. The Morgan fingerprint density at radius 2 is 1.82 bits per heavy atom. The van der Waals surface area contributed by atoms with Crippen molar-refractivity contribution < 1.29 is 4.79 Å². The van der Waals surface area contributed by atoms with Crippen molar-refractivity contribution in [3.63, 3.8) is 0 Å². The fourth-order valence-electron chi connectivity index (χ4n) is 3.35. The lowest BCUT2D eigenvalue weighted by Crippen LogP contribution is -2.37. The molecule has 1 aromatic rings. The van der Waals surface area contributed by atoms with Gasteiger partial charge in [-0.3, -0.25) is 0 Å². The molecule has 1 fully saturated rings. The van der Waals surface area contributed by atoms with Crippen molar-refractivity contribution in [1.82, 2.24) is 5.32 Å². The average molecular weight is 302 g/mol. The van der Waals surface area contributed by atoms with Crippen molar-refractivity contribution in [1.29, 1.82) is 0 Å². The Bertz CT molecular complexity index is 449. The second-order valence-electron chi connectivity index (χ2n) is 6.45. The number of hydrogen-bond donors (Lipinski definition) is 2. The second kappa shape index (κ2) is 8.82. The van der Waals surface area contributed by atoms with Gasteiger partial charge in [-0.1, -0.05) is 51.7 Å². The minimum Gasteiger partial charge on any atom is -0.335 e. The molecule has 1 saturated carbocycles. The lowest BCUT2D eigenvalue weighted by atomic mass is 9.84. The maximum absolute atomic E-state index is 12.0. The van der Waals surface area contributed by atoms with E-state index in [4.69, 9.17) is 0 Å². The summed E-state index contributed by atoms with van der Waals surface area (Å²) >= 11 is 0. The highest BCUT2D eigenvalue weighted by atomic mass is 16.2. The zero-order valence-corrected chi connectivity index (χ0v) is 14.0. The molecular weight excluding hydrogens is 272 g/mol. The van der Waals surface area contributed by atoms with Gasteiger partial charge in [0, 0.05) is 11.7 Å². The highest BCUT2D eigenvalue weighted by Gasteiger charge is 2.15. The predicted molar refractivity (Wildman–Crippen MR) is 93.4 cm³/mol. The van der Waals surface area contributed by atoms with Crippen LogP contribution in [-0.2, 0) is 0 Å². The molecule has 2 N–H and O–H groups in total. The molecule has 1 unspecified atom stereocenters. The maximum Gasteiger partial charge on any atom is 0.319 e. The van der Waals surface area contributed by atoms with E-state index in [2.05, 4.69) is 36.6 Å². The molecule has 0 bridgehead atoms. The van der Waals surface area contributed by atoms with Crippen LogP contribution < -0.4 is 10.6 Å². The predicted octanol–water partition coefficient (Wildman–Crippen LogP) is 5.43. The fraction of sp³-hybridized carbons (Fsp3) is 0.632. The first kappa shape index (κ1) is 16.9. The largest absolute Gasteiger partial charge is 0.335 e. The van der Waals surface area contributed by atoms with Gasteiger partial charge in [-0.25, -0.2) is 4.79 Å². The molecule has 122 valence electrons. The van der Waals surface area contributed by atoms with Crippen LogP contribution in [0, 0.1) is 0 Å². The van der Waals surface area contributed by atoms with Crippen molar-refractivity contribution in [3.8, 4) is 0 Å². The van der Waals surface area contributed by atoms with Gasteiger partial charge >= 0.3 is 6.03 Å². The standard InChI is InChI=1S/C19H30N2O/c1-3-8-17(4-2)20-19(22)21-18-13-11-16(12-14-18)15-9-6-5-7-10-15/h11-15,17H,3-10H2,1-2H3,(H2,20,21,22). The van der Waals surface area contributed by atoms with Gasteiger partial charge in [-0.05, 0) is 49.3 Å². The summed E-state index contributed by atoms with van der Waals surface area (Å²) in [7, 11) is 0. The first-order chi connectivity index (χ1) is 10.7. The molecule has 0 heterocycles. The van der Waals surface area contributed by atoms with E-state index in [-0.39, 0.29) is 12.1 Å². The third kappa shape index (κ3) is 5.04. The van der Waals surface area contributed by atoms with Gasteiger partial charge in [-0.15, -0.1) is 0 Å². The van der Waals surface area contributed by atoms with Crippen molar-refractivity contribution in [3.05, 3.63) is 29.8 Å². The number of anilines is 1. The molecular formula is C19H30N2O. The van der Waals surface area contributed by atoms with Gasteiger partial charge in [0.25, 0.3) is 0 Å². The summed E-state index contributed by atoms with van der Waals surface area (Å²) < 4.78 is 0. The molecule has 1 atom stereocenters. The molecule has 1 aliphatic carbocycles. The van der Waals surface area contributed by atoms with E-state index in [0.29, 0.717) is 5.92 Å². The average Bonchev–Trinajstić information content (AvgIpc) is 2.56. The van der Waals surface area contributed by atoms with Crippen LogP contribution in [0.3, 0.4) is 0 Å². The lowest BCUT2D eigenvalue weighted by molar-refractivity contribution is 0.247. The Morgan fingerprint density at radius 3 is 2.41 bits per heavy atom. The second-order valence-corrected chi connectivity index (χ2v) is 6.45. The third-order valence-corrected chi connectivity index (χ3v) is 4.71. The van der Waals surface area contributed by atoms with Crippen LogP contribution in [0.15, 0.2) is 24.3 Å². The molecule has 0 aromatic heterocycles. The Balaban J connectivity index is 1.86. The fourth-order valence-corrected chi connectivity index (χ4v) is 3.35. The Morgan fingerprint density at radius 1 is 1.14 bits per heavy atom. The molecule has 0 spiro atoms. The van der Waals surface area contributed by atoms with E-state index in [1.807, 2.05) is 12.1 Å². The molecule has 1 aromatic carbocycles. The summed E-state index contributed by atoms with van der Waals surface area (Å²) in [5, 5.41) is 5.99. The molecule has 3 heteroatoms. The van der Waals surface area contributed by atoms with Gasteiger partial charge in [0.2, 0.25) is 0 Å². The zero-order chi connectivity index (χ0) is 15.8. The quantitative estimate of drug-likeness (QED) is 0.722. The lowest BCUT2D eigenvalue weighted by Gasteiger charge is -2.22. The minimum atomic E-state index is -0.0919. The molecule has 1 aliphatic rings. The first-order valence-corrected chi connectivity index (χ1v) is 8.90. The van der Waals surface area contributed by atoms with E-state index < -0.39 is 0 Å². The first-order valence-electron chi connectivity index (χ1n) is 8.90. The number of benzene rings is 1. The highest BCUT2D eigenvalue weighted by Crippen LogP contribution is 2.32. The van der Waals surface area contributed by atoms with Crippen LogP contribution in [0.25, 0.3) is 0 Å². The number of nitrogens with one attached hydrogen (secondary N) is 2. The third-order valence-electron chi connectivity index (χ3n) is 4.71. The summed E-state index contributed by atoms with van der Waals surface area (Å²) in [6, 6.07) is 8.59. The van der Waals surface area contributed by atoms with Crippen LogP contribution in [0.4, 0.5) is 10.5 Å². The summed E-state index contributed by atoms with van der Waals surface area (Å²) in [4.78, 5) is 12.0. The number of urea groups is 1. The Labute approximate surface area is 134 Å². The van der Waals surface area contributed by atoms with E-state index in [9.17, 15) is 4.79 Å². The number of hydrogen-bond acceptors (Lipinski definition) is 1. The Kier molecular flexibility index (Phi) is 6.75. The van der Waals surface area contributed by atoms with Gasteiger partial charge in [0.05, 0.1) is 0 Å². The van der Waals surface area contributed by atoms with Gasteiger partial charge in [0.1, 0.15) is 0 Å². The number of carbonyl (C=O) groups is 1. The van der Waals surface area contributed by atoms with Crippen LogP contribution in [0.5, 0.6) is 0 Å². The Hall–Kier alpha value is -1.51. The van der Waals surface area contributed by atoms with Gasteiger partial charge < -0.3 is 10.6 Å². The summed E-state index contributed by atoms with van der Waals surface area (Å²) in [6.07, 6.45) is 9.80. The molecule has 2 amide bonds. The molecule has 0 aliphatic heterocycles. The topological polar surface area (TPSA) is 41.1 Å². The van der Waals surface area contributed by atoms with E-state index >= 15 is 0 Å². The summed E-state index contributed by atoms with van der Waals surface area (Å²) in [5.41, 5.74) is 2.30. The van der Waals surface area contributed by atoms with Gasteiger partial charge in [0.15, 0.2) is 0 Å². The molecule has 2 rings (SSSR count). The number of carbonyl (C=O) groups excluding carboxylic acids is 1. The van der Waals surface area contributed by atoms with Crippen LogP contribution in [-0.4, -0.2) is 12.1 Å².